The smallest absolute Gasteiger partial charge is 0.472 e. The van der Waals surface area contributed by atoms with E-state index in [0.717, 1.165) is 45.4 Å². The molecule has 0 aromatic rings. The number of carbonyl (C=O) groups is 3. The molecule has 12 heteroatoms. The van der Waals surface area contributed by atoms with Crippen LogP contribution in [-0.2, 0) is 37.5 Å². The second-order valence-electron chi connectivity index (χ2n) is 8.17. The lowest BCUT2D eigenvalue weighted by molar-refractivity contribution is -0.160. The van der Waals surface area contributed by atoms with Crippen LogP contribution < -0.4 is 5.73 Å². The summed E-state index contributed by atoms with van der Waals surface area (Å²) in [6.45, 7) is 1.49. The topological polar surface area (TPSA) is 172 Å². The van der Waals surface area contributed by atoms with Gasteiger partial charge in [0.05, 0.1) is 13.2 Å². The normalized spacial score (nSPS) is 15.3. The molecule has 38 heavy (non-hydrogen) atoms. The highest BCUT2D eigenvalue weighted by Gasteiger charge is 2.27. The van der Waals surface area contributed by atoms with Crippen molar-refractivity contribution in [1.82, 2.24) is 0 Å². The Hall–Kier alpha value is -2.56. The average molecular weight is 560 g/mol. The number of phosphoric acid groups is 1. The van der Waals surface area contributed by atoms with Crippen LogP contribution in [0, 0.1) is 0 Å². The highest BCUT2D eigenvalue weighted by atomic mass is 31.2. The van der Waals surface area contributed by atoms with E-state index in [2.05, 4.69) is 54.0 Å². The van der Waals surface area contributed by atoms with Crippen molar-refractivity contribution in [3.63, 3.8) is 0 Å². The van der Waals surface area contributed by atoms with Crippen LogP contribution in [0.15, 0.2) is 48.6 Å². The second kappa shape index (κ2) is 22.4. The monoisotopic (exact) mass is 559 g/mol. The number of nitrogens with two attached hydrogens (primary N) is 1. The third-order valence-corrected chi connectivity index (χ3v) is 5.60. The quantitative estimate of drug-likeness (QED) is 0.0744. The molecule has 0 spiro atoms. The van der Waals surface area contributed by atoms with Crippen molar-refractivity contribution in [1.29, 1.82) is 0 Å². The number of carboxylic acids is 1. The van der Waals surface area contributed by atoms with Crippen LogP contribution in [0.4, 0.5) is 0 Å². The number of ether oxygens (including phenoxy) is 2. The van der Waals surface area contributed by atoms with Gasteiger partial charge in [-0.25, -0.2) is 4.57 Å². The molecular weight excluding hydrogens is 517 g/mol. The molecule has 0 fully saturated rings. The lowest BCUT2D eigenvalue weighted by Crippen LogP contribution is -2.34. The van der Waals surface area contributed by atoms with Gasteiger partial charge in [-0.05, 0) is 44.9 Å². The molecule has 0 aromatic heterocycles. The van der Waals surface area contributed by atoms with E-state index in [1.54, 1.807) is 0 Å². The summed E-state index contributed by atoms with van der Waals surface area (Å²) in [5, 5.41) is 8.69. The van der Waals surface area contributed by atoms with Gasteiger partial charge in [0.2, 0.25) is 0 Å². The summed E-state index contributed by atoms with van der Waals surface area (Å²) >= 11 is 0. The van der Waals surface area contributed by atoms with E-state index in [1.165, 1.54) is 0 Å². The fraction of sp³-hybridized carbons (Fsp3) is 0.577. The van der Waals surface area contributed by atoms with Crippen molar-refractivity contribution in [2.45, 2.75) is 77.4 Å². The van der Waals surface area contributed by atoms with Crippen LogP contribution in [0.3, 0.4) is 0 Å². The van der Waals surface area contributed by atoms with Crippen LogP contribution in [0.5, 0.6) is 0 Å². The van der Waals surface area contributed by atoms with Crippen molar-refractivity contribution in [3.05, 3.63) is 48.6 Å². The first-order valence-electron chi connectivity index (χ1n) is 12.6. The van der Waals surface area contributed by atoms with Crippen molar-refractivity contribution in [3.8, 4) is 0 Å². The Morgan fingerprint density at radius 2 is 1.42 bits per heavy atom. The van der Waals surface area contributed by atoms with Gasteiger partial charge < -0.3 is 25.2 Å². The minimum absolute atomic E-state index is 0.102. The molecule has 4 N–H and O–H groups in total. The van der Waals surface area contributed by atoms with Crippen molar-refractivity contribution in [2.75, 3.05) is 19.8 Å². The molecule has 0 aliphatic heterocycles. The Labute approximate surface area is 225 Å². The summed E-state index contributed by atoms with van der Waals surface area (Å²) in [7, 11) is -4.68. The van der Waals surface area contributed by atoms with Crippen LogP contribution in [0.25, 0.3) is 0 Å². The molecular formula is C26H42NO10P. The number of rotatable bonds is 22. The number of hydrogen-bond donors (Lipinski definition) is 3. The maximum Gasteiger partial charge on any atom is 0.472 e. The Balaban J connectivity index is 4.27. The Kier molecular flexibility index (Phi) is 20.9. The molecule has 3 atom stereocenters. The van der Waals surface area contributed by atoms with Gasteiger partial charge in [-0.3, -0.25) is 23.4 Å². The molecule has 11 nitrogen and oxygen atoms in total. The van der Waals surface area contributed by atoms with Crippen LogP contribution in [0.1, 0.15) is 65.2 Å². The van der Waals surface area contributed by atoms with Gasteiger partial charge in [-0.1, -0.05) is 55.5 Å². The number of unbranched alkanes of at least 4 members (excludes halogenated alkanes) is 2. The Morgan fingerprint density at radius 1 is 0.868 bits per heavy atom. The molecule has 3 unspecified atom stereocenters. The number of carbonyl (C=O) groups excluding carboxylic acids is 2. The predicted molar refractivity (Wildman–Crippen MR) is 143 cm³/mol. The van der Waals surface area contributed by atoms with Gasteiger partial charge in [-0.2, -0.15) is 0 Å². The zero-order chi connectivity index (χ0) is 28.7. The first-order chi connectivity index (χ1) is 18.1. The predicted octanol–water partition coefficient (Wildman–Crippen LogP) is 4.37. The highest BCUT2D eigenvalue weighted by molar-refractivity contribution is 7.47. The summed E-state index contributed by atoms with van der Waals surface area (Å²) in [6, 6.07) is -1.52. The van der Waals surface area contributed by atoms with Crippen LogP contribution in [0.2, 0.25) is 0 Å². The fourth-order valence-electron chi connectivity index (χ4n) is 2.66. The summed E-state index contributed by atoms with van der Waals surface area (Å²) in [4.78, 5) is 43.6. The summed E-state index contributed by atoms with van der Waals surface area (Å²) < 4.78 is 31.1. The van der Waals surface area contributed by atoms with Crippen molar-refractivity contribution in [2.24, 2.45) is 5.73 Å². The molecule has 0 aliphatic rings. The third kappa shape index (κ3) is 22.6. The molecule has 0 aliphatic carbocycles. The maximum absolute atomic E-state index is 12.1. The highest BCUT2D eigenvalue weighted by Crippen LogP contribution is 2.43. The largest absolute Gasteiger partial charge is 0.480 e. The number of allylic oxidation sites excluding steroid dienone is 8. The van der Waals surface area contributed by atoms with E-state index in [9.17, 15) is 23.8 Å². The molecule has 0 saturated heterocycles. The molecule has 0 bridgehead atoms. The molecule has 0 aromatic carbocycles. The van der Waals surface area contributed by atoms with Gasteiger partial charge in [0.25, 0.3) is 0 Å². The van der Waals surface area contributed by atoms with Gasteiger partial charge >= 0.3 is 25.7 Å². The lowest BCUT2D eigenvalue weighted by Gasteiger charge is -2.20. The second-order valence-corrected chi connectivity index (χ2v) is 9.62. The van der Waals surface area contributed by atoms with Gasteiger partial charge in [0.1, 0.15) is 12.6 Å². The van der Waals surface area contributed by atoms with Gasteiger partial charge in [0, 0.05) is 13.3 Å². The molecule has 0 heterocycles. The molecule has 0 saturated carbocycles. The van der Waals surface area contributed by atoms with Crippen LogP contribution in [-0.4, -0.2) is 59.9 Å². The van der Waals surface area contributed by atoms with E-state index >= 15 is 0 Å². The maximum atomic E-state index is 12.1. The van der Waals surface area contributed by atoms with Gasteiger partial charge in [-0.15, -0.1) is 0 Å². The van der Waals surface area contributed by atoms with E-state index in [1.807, 2.05) is 6.08 Å². The number of phosphoric ester groups is 1. The first kappa shape index (κ1) is 35.4. The summed E-state index contributed by atoms with van der Waals surface area (Å²) in [5.41, 5.74) is 5.21. The number of aliphatic carboxylic acids is 1. The lowest BCUT2D eigenvalue weighted by atomic mass is 10.2. The summed E-state index contributed by atoms with van der Waals surface area (Å²) in [6.07, 6.45) is 21.7. The number of carboxylic acid groups (broad SMARTS) is 1. The standard InChI is InChI=1S/C26H42NO10P/c1-3-4-5-6-7-8-9-10-11-12-13-14-15-16-17-18-25(29)37-23(19-34-22(2)28)20-35-38(32,33)36-21-24(27)26(30)31/h4-5,7-8,10-11,13-14,23-24H,3,6,9,12,15-21,27H2,1-2H3,(H,30,31)(H,32,33)/b5-4-,8-7-,11-10-,14-13-. The van der Waals surface area contributed by atoms with E-state index in [0.29, 0.717) is 6.42 Å². The zero-order valence-corrected chi connectivity index (χ0v) is 23.1. The fourth-order valence-corrected chi connectivity index (χ4v) is 3.44. The van der Waals surface area contributed by atoms with E-state index < -0.39 is 57.7 Å². The SMILES string of the molecule is CC/C=C\C/C=C\C/C=C\C/C=C\CCCCC(=O)OC(COC(C)=O)COP(=O)(O)OCC(N)C(=O)O. The number of esters is 2. The minimum Gasteiger partial charge on any atom is -0.480 e. The molecule has 216 valence electrons. The van der Waals surface area contributed by atoms with Gasteiger partial charge in [0.15, 0.2) is 6.10 Å². The Bertz CT molecular complexity index is 853. The third-order valence-electron chi connectivity index (χ3n) is 4.65. The number of hydrogen-bond acceptors (Lipinski definition) is 9. The summed E-state index contributed by atoms with van der Waals surface area (Å²) in [5.74, 6) is -2.65. The minimum atomic E-state index is -4.68. The van der Waals surface area contributed by atoms with Crippen LogP contribution >= 0.6 is 7.82 Å². The van der Waals surface area contributed by atoms with Crippen molar-refractivity contribution < 1.29 is 47.5 Å². The molecule has 0 rings (SSSR count). The first-order valence-corrected chi connectivity index (χ1v) is 14.1. The zero-order valence-electron chi connectivity index (χ0n) is 22.2. The van der Waals surface area contributed by atoms with Crippen molar-refractivity contribution >= 4 is 25.7 Å². The molecule has 0 radical (unpaired) electrons. The van der Waals surface area contributed by atoms with E-state index in [-0.39, 0.29) is 6.42 Å². The average Bonchev–Trinajstić information content (AvgIpc) is 2.86. The van der Waals surface area contributed by atoms with E-state index in [4.69, 9.17) is 24.8 Å². The molecule has 0 amide bonds. The Morgan fingerprint density at radius 3 is 1.97 bits per heavy atom.